The highest BCUT2D eigenvalue weighted by atomic mass is 16.7. The molecule has 2 saturated heterocycles. The fourth-order valence-electron chi connectivity index (χ4n) is 9.00. The van der Waals surface area contributed by atoms with Crippen LogP contribution < -0.4 is 16.4 Å². The van der Waals surface area contributed by atoms with Crippen molar-refractivity contribution in [2.45, 2.75) is 107 Å². The van der Waals surface area contributed by atoms with Crippen molar-refractivity contribution < 1.29 is 49.3 Å². The highest BCUT2D eigenvalue weighted by Crippen LogP contribution is 2.50. The van der Waals surface area contributed by atoms with Crippen LogP contribution >= 0.6 is 0 Å². The molecule has 9 N–H and O–H groups in total. The highest BCUT2D eigenvalue weighted by molar-refractivity contribution is 6.00. The third-order valence-corrected chi connectivity index (χ3v) is 11.5. The smallest absolute Gasteiger partial charge is 0.187 e. The molecule has 5 aliphatic rings. The number of hydrogen-bond acceptors (Lipinski definition) is 13. The van der Waals surface area contributed by atoms with Crippen LogP contribution in [0.4, 0.5) is 0 Å². The molecule has 0 spiro atoms. The normalized spacial score (nSPS) is 49.8. The average molecular weight is 628 g/mol. The summed E-state index contributed by atoms with van der Waals surface area (Å²) in [4.78, 5) is 28.1. The summed E-state index contributed by atoms with van der Waals surface area (Å²) in [5.41, 5.74) is 4.07. The first-order chi connectivity index (χ1) is 20.9. The number of carbonyl (C=O) groups excluding carboxylic acids is 2. The van der Waals surface area contributed by atoms with E-state index in [0.29, 0.717) is 32.2 Å². The van der Waals surface area contributed by atoms with Crippen molar-refractivity contribution in [3.63, 3.8) is 0 Å². The Morgan fingerprint density at radius 2 is 1.80 bits per heavy atom. The van der Waals surface area contributed by atoms with Gasteiger partial charge in [0.1, 0.15) is 35.5 Å². The zero-order valence-corrected chi connectivity index (χ0v) is 26.1. The summed E-state index contributed by atoms with van der Waals surface area (Å²) in [7, 11) is 3.32. The van der Waals surface area contributed by atoms with Gasteiger partial charge in [0.15, 0.2) is 6.29 Å². The van der Waals surface area contributed by atoms with E-state index < -0.39 is 78.8 Å². The molecule has 252 valence electrons. The van der Waals surface area contributed by atoms with Gasteiger partial charge in [-0.05, 0) is 64.0 Å². The minimum Gasteiger partial charge on any atom is -0.394 e. The van der Waals surface area contributed by atoms with Crippen molar-refractivity contribution in [1.82, 2.24) is 10.6 Å². The van der Waals surface area contributed by atoms with E-state index in [9.17, 15) is 35.1 Å². The molecule has 5 fully saturated rings. The number of rotatable bonds is 9. The molecule has 16 unspecified atom stereocenters. The summed E-state index contributed by atoms with van der Waals surface area (Å²) < 4.78 is 17.8. The van der Waals surface area contributed by atoms with E-state index in [-0.39, 0.29) is 48.3 Å². The number of fused-ring (bicyclic) bond motifs is 2. The lowest BCUT2D eigenvalue weighted by Crippen LogP contribution is -2.68. The summed E-state index contributed by atoms with van der Waals surface area (Å²) in [6, 6.07) is 0. The predicted molar refractivity (Wildman–Crippen MR) is 157 cm³/mol. The number of aliphatic hydroxyl groups excluding tert-OH is 4. The van der Waals surface area contributed by atoms with Gasteiger partial charge in [0.05, 0.1) is 42.9 Å². The topological polar surface area (TPSA) is 213 Å². The Kier molecular flexibility index (Phi) is 10.9. The van der Waals surface area contributed by atoms with Gasteiger partial charge in [0.25, 0.3) is 0 Å². The maximum atomic E-state index is 14.2. The third-order valence-electron chi connectivity index (χ3n) is 11.5. The standard InChI is InChI=1S/C31H53N3O10/c1-14-8-17-24(26(37)19(14)12-33-2)27(38)23-18(25(17)36)10-16(42-3)11-20(23)43-30-28(39)29(40)31(41,21(13-35)44-30)6-4-15-5-7-34-22(32)9-15/h14-24,26,28-30,33-35,37,39-41H,4-13,32H2,1-3H3. The molecule has 44 heavy (non-hydrogen) atoms. The number of ketones is 2. The minimum absolute atomic E-state index is 0.0498. The van der Waals surface area contributed by atoms with Crippen LogP contribution in [-0.4, -0.2) is 126 Å². The highest BCUT2D eigenvalue weighted by Gasteiger charge is 2.61. The lowest BCUT2D eigenvalue weighted by atomic mass is 9.53. The molecule has 3 aliphatic carbocycles. The Morgan fingerprint density at radius 3 is 2.45 bits per heavy atom. The summed E-state index contributed by atoms with van der Waals surface area (Å²) in [6.45, 7) is 2.62. The van der Waals surface area contributed by atoms with Crippen molar-refractivity contribution in [3.8, 4) is 0 Å². The molecule has 13 heteroatoms. The van der Waals surface area contributed by atoms with Gasteiger partial charge in [-0.3, -0.25) is 9.59 Å². The molecule has 0 aromatic heterocycles. The summed E-state index contributed by atoms with van der Waals surface area (Å²) >= 11 is 0. The van der Waals surface area contributed by atoms with Gasteiger partial charge in [-0.25, -0.2) is 0 Å². The summed E-state index contributed by atoms with van der Waals surface area (Å²) in [5.74, 6) is -3.26. The Labute approximate surface area is 259 Å². The first-order valence-electron chi connectivity index (χ1n) is 16.4. The number of nitrogens with one attached hydrogen (secondary N) is 2. The average Bonchev–Trinajstić information content (AvgIpc) is 3.00. The van der Waals surface area contributed by atoms with Gasteiger partial charge in [-0.15, -0.1) is 0 Å². The molecule has 0 aromatic carbocycles. The van der Waals surface area contributed by atoms with Gasteiger partial charge in [-0.1, -0.05) is 6.92 Å². The number of nitrogens with two attached hydrogens (primary N) is 1. The number of Topliss-reactive ketones (excluding diaryl/α,β-unsaturated/α-hetero) is 2. The van der Waals surface area contributed by atoms with Crippen LogP contribution in [0, 0.1) is 41.4 Å². The van der Waals surface area contributed by atoms with Crippen LogP contribution in [-0.2, 0) is 23.8 Å². The maximum absolute atomic E-state index is 14.2. The van der Waals surface area contributed by atoms with Gasteiger partial charge < -0.3 is 56.1 Å². The molecule has 5 rings (SSSR count). The fraction of sp³-hybridized carbons (Fsp3) is 0.935. The van der Waals surface area contributed by atoms with Crippen LogP contribution in [0.5, 0.6) is 0 Å². The molecule has 3 saturated carbocycles. The van der Waals surface area contributed by atoms with Crippen molar-refractivity contribution in [1.29, 1.82) is 0 Å². The number of ether oxygens (including phenoxy) is 3. The second-order valence-electron chi connectivity index (χ2n) is 14.1. The van der Waals surface area contributed by atoms with Crippen molar-refractivity contribution in [2.24, 2.45) is 47.2 Å². The first-order valence-corrected chi connectivity index (χ1v) is 16.4. The van der Waals surface area contributed by atoms with E-state index in [2.05, 4.69) is 10.6 Å². The van der Waals surface area contributed by atoms with Crippen molar-refractivity contribution in [3.05, 3.63) is 0 Å². The minimum atomic E-state index is -1.94. The predicted octanol–water partition coefficient (Wildman–Crippen LogP) is -1.73. The molecule has 16 atom stereocenters. The molecule has 0 amide bonds. The molecule has 0 bridgehead atoms. The summed E-state index contributed by atoms with van der Waals surface area (Å²) in [6.07, 6.45) is -5.38. The van der Waals surface area contributed by atoms with E-state index in [1.807, 2.05) is 6.92 Å². The van der Waals surface area contributed by atoms with E-state index in [1.165, 1.54) is 7.11 Å². The van der Waals surface area contributed by atoms with E-state index in [0.717, 1.165) is 13.0 Å². The molecule has 2 aliphatic heterocycles. The Balaban J connectivity index is 1.34. The number of methoxy groups -OCH3 is 1. The van der Waals surface area contributed by atoms with Crippen LogP contribution in [0.25, 0.3) is 0 Å². The summed E-state index contributed by atoms with van der Waals surface area (Å²) in [5, 5.41) is 61.8. The van der Waals surface area contributed by atoms with Crippen LogP contribution in [0.2, 0.25) is 0 Å². The van der Waals surface area contributed by atoms with Gasteiger partial charge in [0.2, 0.25) is 0 Å². The van der Waals surface area contributed by atoms with Gasteiger partial charge in [0, 0.05) is 37.8 Å². The van der Waals surface area contributed by atoms with E-state index in [4.69, 9.17) is 19.9 Å². The SMILES string of the molecule is CNCC1C(C)CC2C(=O)C3CC(OC)CC(OC4OC(CO)C(O)(CCC5CCNC(N)C5)C(O)C4O)C3C(=O)C2C1O. The molecule has 13 nitrogen and oxygen atoms in total. The first kappa shape index (κ1) is 34.2. The Morgan fingerprint density at radius 1 is 1.07 bits per heavy atom. The second-order valence-corrected chi connectivity index (χ2v) is 14.1. The van der Waals surface area contributed by atoms with Crippen LogP contribution in [0.15, 0.2) is 0 Å². The molecular formula is C31H53N3O10. The molecular weight excluding hydrogens is 574 g/mol. The lowest BCUT2D eigenvalue weighted by Gasteiger charge is -2.53. The monoisotopic (exact) mass is 627 g/mol. The van der Waals surface area contributed by atoms with Crippen LogP contribution in [0.3, 0.4) is 0 Å². The third kappa shape index (κ3) is 6.27. The Bertz CT molecular complexity index is 1020. The molecule has 0 aromatic rings. The Hall–Kier alpha value is -1.10. The second kappa shape index (κ2) is 13.9. The molecule has 2 heterocycles. The largest absolute Gasteiger partial charge is 0.394 e. The zero-order valence-electron chi connectivity index (χ0n) is 26.1. The lowest BCUT2D eigenvalue weighted by molar-refractivity contribution is -0.346. The molecule has 0 radical (unpaired) electrons. The van der Waals surface area contributed by atoms with Gasteiger partial charge in [-0.2, -0.15) is 0 Å². The quantitative estimate of drug-likeness (QED) is 0.143. The van der Waals surface area contributed by atoms with Crippen molar-refractivity contribution in [2.75, 3.05) is 33.9 Å². The number of piperidine rings is 1. The maximum Gasteiger partial charge on any atom is 0.187 e. The number of carbonyl (C=O) groups is 2. The van der Waals surface area contributed by atoms with Crippen molar-refractivity contribution >= 4 is 11.6 Å². The zero-order chi connectivity index (χ0) is 31.9. The number of hydrogen-bond donors (Lipinski definition) is 8. The van der Waals surface area contributed by atoms with E-state index in [1.54, 1.807) is 7.05 Å². The van der Waals surface area contributed by atoms with Crippen LogP contribution in [0.1, 0.15) is 51.9 Å². The van der Waals surface area contributed by atoms with Gasteiger partial charge >= 0.3 is 0 Å². The van der Waals surface area contributed by atoms with E-state index >= 15 is 0 Å². The fourth-order valence-corrected chi connectivity index (χ4v) is 9.00. The number of aliphatic hydroxyl groups is 5.